The molecule has 1 saturated heterocycles. The van der Waals surface area contributed by atoms with E-state index in [1.165, 1.54) is 30.6 Å². The average Bonchev–Trinajstić information content (AvgIpc) is 3.22. The van der Waals surface area contributed by atoms with Crippen molar-refractivity contribution in [3.05, 3.63) is 34.8 Å². The van der Waals surface area contributed by atoms with Gasteiger partial charge >= 0.3 is 5.97 Å². The molecule has 168 valence electrons. The molecule has 0 saturated carbocycles. The van der Waals surface area contributed by atoms with Crippen molar-refractivity contribution >= 4 is 28.7 Å². The number of ether oxygens (including phenoxy) is 3. The van der Waals surface area contributed by atoms with Gasteiger partial charge in [-0.05, 0) is 56.6 Å². The normalized spacial score (nSPS) is 14.5. The number of esters is 1. The van der Waals surface area contributed by atoms with E-state index in [0.717, 1.165) is 30.9 Å². The van der Waals surface area contributed by atoms with E-state index in [-0.39, 0.29) is 12.4 Å². The first kappa shape index (κ1) is 23.0. The Morgan fingerprint density at radius 2 is 2.13 bits per heavy atom. The van der Waals surface area contributed by atoms with Crippen LogP contribution in [0.5, 0.6) is 11.5 Å². The number of hydrogen-bond donors (Lipinski definition) is 1. The summed E-state index contributed by atoms with van der Waals surface area (Å²) in [5, 5.41) is 6.65. The summed E-state index contributed by atoms with van der Waals surface area (Å²) in [6.45, 7) is 6.04. The molecule has 0 spiro atoms. The maximum atomic E-state index is 11.5. The van der Waals surface area contributed by atoms with E-state index in [9.17, 15) is 4.79 Å². The number of nitrogens with one attached hydrogen (secondary N) is 1. The predicted octanol–water partition coefficient (Wildman–Crippen LogP) is 3.57. The maximum Gasteiger partial charge on any atom is 0.311 e. The molecule has 9 heteroatoms. The van der Waals surface area contributed by atoms with Crippen LogP contribution < -0.4 is 14.9 Å². The highest BCUT2D eigenvalue weighted by Crippen LogP contribution is 2.27. The fraction of sp³-hybridized carbons (Fsp3) is 0.500. The molecular formula is C22H30N4O4S. The molecule has 0 radical (unpaired) electrons. The molecule has 0 bridgehead atoms. The minimum Gasteiger partial charge on any atom is -0.493 e. The summed E-state index contributed by atoms with van der Waals surface area (Å²) < 4.78 is 16.3. The van der Waals surface area contributed by atoms with Crippen LogP contribution in [0.2, 0.25) is 0 Å². The predicted molar refractivity (Wildman–Crippen MR) is 122 cm³/mol. The van der Waals surface area contributed by atoms with E-state index in [1.54, 1.807) is 20.2 Å². The van der Waals surface area contributed by atoms with Crippen molar-refractivity contribution in [2.45, 2.75) is 32.6 Å². The Bertz CT molecular complexity index is 865. The van der Waals surface area contributed by atoms with Crippen LogP contribution in [0.15, 0.2) is 28.7 Å². The number of carbonyl (C=O) groups is 1. The van der Waals surface area contributed by atoms with Gasteiger partial charge in [-0.3, -0.25) is 15.1 Å². The highest BCUT2D eigenvalue weighted by Gasteiger charge is 2.11. The second-order valence-electron chi connectivity index (χ2n) is 7.16. The fourth-order valence-electron chi connectivity index (χ4n) is 3.31. The van der Waals surface area contributed by atoms with Gasteiger partial charge in [0.1, 0.15) is 6.61 Å². The van der Waals surface area contributed by atoms with Gasteiger partial charge in [0.15, 0.2) is 11.5 Å². The summed E-state index contributed by atoms with van der Waals surface area (Å²) in [5.74, 6) is 1.12. The number of hydrazone groups is 1. The van der Waals surface area contributed by atoms with E-state index in [2.05, 4.69) is 20.4 Å². The molecule has 3 rings (SSSR count). The molecule has 2 heterocycles. The lowest BCUT2D eigenvalue weighted by atomic mass is 10.1. The SMILES string of the molecule is CCOC(=O)Cc1csc(NN=Cc2ccc(OCCN3CCCCC3)c(OC)c2)n1. The van der Waals surface area contributed by atoms with E-state index in [4.69, 9.17) is 14.2 Å². The molecule has 0 atom stereocenters. The zero-order valence-electron chi connectivity index (χ0n) is 18.1. The molecule has 2 aromatic rings. The number of thiazole rings is 1. The number of aromatic nitrogens is 1. The third kappa shape index (κ3) is 7.52. The van der Waals surface area contributed by atoms with E-state index < -0.39 is 0 Å². The summed E-state index contributed by atoms with van der Waals surface area (Å²) >= 11 is 1.38. The van der Waals surface area contributed by atoms with Crippen LogP contribution in [0.4, 0.5) is 5.13 Å². The zero-order valence-corrected chi connectivity index (χ0v) is 19.0. The summed E-state index contributed by atoms with van der Waals surface area (Å²) in [4.78, 5) is 18.3. The second kappa shape index (κ2) is 12.3. The fourth-order valence-corrected chi connectivity index (χ4v) is 3.97. The van der Waals surface area contributed by atoms with Crippen LogP contribution in [-0.4, -0.2) is 62.0 Å². The Kier molecular flexibility index (Phi) is 9.11. The van der Waals surface area contributed by atoms with Crippen LogP contribution in [0.1, 0.15) is 37.4 Å². The summed E-state index contributed by atoms with van der Waals surface area (Å²) in [7, 11) is 1.63. The van der Waals surface area contributed by atoms with Crippen molar-refractivity contribution in [3.8, 4) is 11.5 Å². The van der Waals surface area contributed by atoms with E-state index in [0.29, 0.717) is 29.8 Å². The molecular weight excluding hydrogens is 416 g/mol. The first-order chi connectivity index (χ1) is 15.2. The highest BCUT2D eigenvalue weighted by atomic mass is 32.1. The summed E-state index contributed by atoms with van der Waals surface area (Å²) in [5.41, 5.74) is 4.42. The lowest BCUT2D eigenvalue weighted by molar-refractivity contribution is -0.142. The summed E-state index contributed by atoms with van der Waals surface area (Å²) in [6, 6.07) is 5.71. The van der Waals surface area contributed by atoms with Crippen LogP contribution in [-0.2, 0) is 16.0 Å². The molecule has 1 aromatic carbocycles. The number of carbonyl (C=O) groups excluding carboxylic acids is 1. The van der Waals surface area contributed by atoms with Crippen LogP contribution >= 0.6 is 11.3 Å². The first-order valence-corrected chi connectivity index (χ1v) is 11.5. The minimum atomic E-state index is -0.284. The van der Waals surface area contributed by atoms with Crippen molar-refractivity contribution in [2.75, 3.05) is 45.4 Å². The van der Waals surface area contributed by atoms with Gasteiger partial charge in [0, 0.05) is 11.9 Å². The number of rotatable bonds is 11. The van der Waals surface area contributed by atoms with Crippen molar-refractivity contribution in [2.24, 2.45) is 5.10 Å². The molecule has 1 fully saturated rings. The third-order valence-electron chi connectivity index (χ3n) is 4.86. The van der Waals surface area contributed by atoms with Crippen LogP contribution in [0, 0.1) is 0 Å². The first-order valence-electron chi connectivity index (χ1n) is 10.6. The monoisotopic (exact) mass is 446 g/mol. The molecule has 1 N–H and O–H groups in total. The van der Waals surface area contributed by atoms with E-state index in [1.807, 2.05) is 23.6 Å². The van der Waals surface area contributed by atoms with Crippen LogP contribution in [0.25, 0.3) is 0 Å². The molecule has 1 aliphatic heterocycles. The number of methoxy groups -OCH3 is 1. The van der Waals surface area contributed by atoms with Gasteiger partial charge in [0.25, 0.3) is 0 Å². The lowest BCUT2D eigenvalue weighted by Crippen LogP contribution is -2.33. The van der Waals surface area contributed by atoms with E-state index >= 15 is 0 Å². The molecule has 31 heavy (non-hydrogen) atoms. The van der Waals surface area contributed by atoms with Gasteiger partial charge in [-0.25, -0.2) is 4.98 Å². The molecule has 1 aliphatic rings. The summed E-state index contributed by atoms with van der Waals surface area (Å²) in [6.07, 6.45) is 5.73. The van der Waals surface area contributed by atoms with Gasteiger partial charge in [-0.1, -0.05) is 6.42 Å². The number of benzene rings is 1. The lowest BCUT2D eigenvalue weighted by Gasteiger charge is -2.26. The number of anilines is 1. The average molecular weight is 447 g/mol. The second-order valence-corrected chi connectivity index (χ2v) is 8.01. The third-order valence-corrected chi connectivity index (χ3v) is 5.65. The molecule has 0 aliphatic carbocycles. The molecule has 1 aromatic heterocycles. The molecule has 0 amide bonds. The number of likely N-dealkylation sites (tertiary alicyclic amines) is 1. The largest absolute Gasteiger partial charge is 0.493 e. The Morgan fingerprint density at radius 1 is 1.29 bits per heavy atom. The smallest absolute Gasteiger partial charge is 0.311 e. The van der Waals surface area contributed by atoms with Gasteiger partial charge in [-0.15, -0.1) is 11.3 Å². The molecule has 8 nitrogen and oxygen atoms in total. The van der Waals surface area contributed by atoms with Crippen LogP contribution in [0.3, 0.4) is 0 Å². The standard InChI is InChI=1S/C22H30N4O4S/c1-3-29-21(27)14-18-16-31-22(24-18)25-23-15-17-7-8-19(20(13-17)28-2)30-12-11-26-9-5-4-6-10-26/h7-8,13,15-16H,3-6,9-12,14H2,1-2H3,(H,24,25). The number of nitrogens with zero attached hydrogens (tertiary/aromatic N) is 3. The Balaban J connectivity index is 1.49. The van der Waals surface area contributed by atoms with Crippen molar-refractivity contribution in [1.29, 1.82) is 0 Å². The Hall–Kier alpha value is -2.65. The van der Waals surface area contributed by atoms with Gasteiger partial charge < -0.3 is 14.2 Å². The topological polar surface area (TPSA) is 85.3 Å². The van der Waals surface area contributed by atoms with Crippen molar-refractivity contribution < 1.29 is 19.0 Å². The number of piperidine rings is 1. The van der Waals surface area contributed by atoms with Gasteiger partial charge in [0.2, 0.25) is 5.13 Å². The quantitative estimate of drug-likeness (QED) is 0.321. The Morgan fingerprint density at radius 3 is 2.90 bits per heavy atom. The molecule has 0 unspecified atom stereocenters. The number of hydrogen-bond acceptors (Lipinski definition) is 9. The highest BCUT2D eigenvalue weighted by molar-refractivity contribution is 7.13. The van der Waals surface area contributed by atoms with Crippen molar-refractivity contribution in [3.63, 3.8) is 0 Å². The minimum absolute atomic E-state index is 0.159. The maximum absolute atomic E-state index is 11.5. The van der Waals surface area contributed by atoms with Gasteiger partial charge in [-0.2, -0.15) is 5.10 Å². The Labute approximate surface area is 187 Å². The van der Waals surface area contributed by atoms with Gasteiger partial charge in [0.05, 0.1) is 32.0 Å². The zero-order chi connectivity index (χ0) is 21.9. The van der Waals surface area contributed by atoms with Crippen molar-refractivity contribution in [1.82, 2.24) is 9.88 Å².